The van der Waals surface area contributed by atoms with Gasteiger partial charge in [-0.2, -0.15) is 0 Å². The molecule has 1 aromatic carbocycles. The summed E-state index contributed by atoms with van der Waals surface area (Å²) in [6.07, 6.45) is 3.63. The summed E-state index contributed by atoms with van der Waals surface area (Å²) in [5.41, 5.74) is 2.05. The van der Waals surface area contributed by atoms with E-state index in [4.69, 9.17) is 0 Å². The molecule has 0 aliphatic rings. The second kappa shape index (κ2) is 6.24. The van der Waals surface area contributed by atoms with Crippen LogP contribution in [0, 0.1) is 0 Å². The maximum atomic E-state index is 12.0. The van der Waals surface area contributed by atoms with E-state index in [0.717, 1.165) is 16.3 Å². The van der Waals surface area contributed by atoms with Crippen molar-refractivity contribution in [3.8, 4) is 0 Å². The molecular formula is C14H15N3OS. The highest BCUT2D eigenvalue weighted by Gasteiger charge is 2.07. The molecule has 1 amide bonds. The van der Waals surface area contributed by atoms with Gasteiger partial charge in [0.1, 0.15) is 5.69 Å². The first-order valence-electron chi connectivity index (χ1n) is 5.82. The zero-order chi connectivity index (χ0) is 13.7. The highest BCUT2D eigenvalue weighted by atomic mass is 32.2. The molecule has 5 heteroatoms. The summed E-state index contributed by atoms with van der Waals surface area (Å²) in [7, 11) is 1.81. The number of carbonyl (C=O) groups is 1. The first-order chi connectivity index (χ1) is 9.22. The molecule has 0 spiro atoms. The van der Waals surface area contributed by atoms with Crippen LogP contribution in [0.2, 0.25) is 0 Å². The number of amides is 1. The summed E-state index contributed by atoms with van der Waals surface area (Å²) in [5, 5.41) is 5.80. The molecule has 0 aliphatic carbocycles. The third-order valence-electron chi connectivity index (χ3n) is 2.61. The van der Waals surface area contributed by atoms with Crippen LogP contribution in [0.4, 0.5) is 11.4 Å². The van der Waals surface area contributed by atoms with Gasteiger partial charge in [0, 0.05) is 17.6 Å². The summed E-state index contributed by atoms with van der Waals surface area (Å²) >= 11 is 1.64. The van der Waals surface area contributed by atoms with Gasteiger partial charge in [-0.1, -0.05) is 6.07 Å². The molecule has 0 fully saturated rings. The minimum absolute atomic E-state index is 0.207. The van der Waals surface area contributed by atoms with Crippen LogP contribution in [0.15, 0.2) is 47.5 Å². The van der Waals surface area contributed by atoms with Crippen molar-refractivity contribution in [3.05, 3.63) is 48.3 Å². The molecule has 2 aromatic rings. The lowest BCUT2D eigenvalue weighted by Crippen LogP contribution is -2.13. The highest BCUT2D eigenvalue weighted by Crippen LogP contribution is 2.19. The van der Waals surface area contributed by atoms with E-state index in [9.17, 15) is 4.79 Å². The molecule has 0 saturated heterocycles. The molecule has 4 nitrogen and oxygen atoms in total. The Hall–Kier alpha value is -2.01. The number of hydrogen-bond acceptors (Lipinski definition) is 4. The number of aromatic nitrogens is 1. The number of benzene rings is 1. The first-order valence-corrected chi connectivity index (χ1v) is 7.04. The minimum Gasteiger partial charge on any atom is -0.387 e. The fourth-order valence-electron chi connectivity index (χ4n) is 1.57. The van der Waals surface area contributed by atoms with Crippen molar-refractivity contribution < 1.29 is 4.79 Å². The molecule has 98 valence electrons. The van der Waals surface area contributed by atoms with E-state index >= 15 is 0 Å². The number of anilines is 2. The molecule has 0 saturated carbocycles. The monoisotopic (exact) mass is 273 g/mol. The molecule has 0 bridgehead atoms. The summed E-state index contributed by atoms with van der Waals surface area (Å²) in [4.78, 5) is 17.2. The lowest BCUT2D eigenvalue weighted by Gasteiger charge is -2.06. The Balaban J connectivity index is 2.11. The molecule has 19 heavy (non-hydrogen) atoms. The quantitative estimate of drug-likeness (QED) is 0.840. The molecule has 2 N–H and O–H groups in total. The minimum atomic E-state index is -0.207. The maximum Gasteiger partial charge on any atom is 0.274 e. The predicted octanol–water partition coefficient (Wildman–Crippen LogP) is 3.10. The average Bonchev–Trinajstić information content (AvgIpc) is 2.47. The van der Waals surface area contributed by atoms with Gasteiger partial charge < -0.3 is 10.6 Å². The van der Waals surface area contributed by atoms with Gasteiger partial charge in [-0.05, 0) is 36.6 Å². The smallest absolute Gasteiger partial charge is 0.274 e. The normalized spacial score (nSPS) is 10.0. The maximum absolute atomic E-state index is 12.0. The molecule has 2 rings (SSSR count). The van der Waals surface area contributed by atoms with Gasteiger partial charge in [0.2, 0.25) is 0 Å². The largest absolute Gasteiger partial charge is 0.387 e. The van der Waals surface area contributed by atoms with Gasteiger partial charge in [-0.3, -0.25) is 4.79 Å². The molecule has 0 aliphatic heterocycles. The van der Waals surface area contributed by atoms with Crippen molar-refractivity contribution in [3.63, 3.8) is 0 Å². The molecule has 0 atom stereocenters. The van der Waals surface area contributed by atoms with Gasteiger partial charge in [0.05, 0.1) is 11.9 Å². The van der Waals surface area contributed by atoms with E-state index in [1.165, 1.54) is 0 Å². The summed E-state index contributed by atoms with van der Waals surface area (Å²) in [5.74, 6) is -0.207. The van der Waals surface area contributed by atoms with Gasteiger partial charge in [0.25, 0.3) is 5.91 Å². The third-order valence-corrected chi connectivity index (χ3v) is 3.34. The van der Waals surface area contributed by atoms with E-state index < -0.39 is 0 Å². The Morgan fingerprint density at radius 2 is 2.05 bits per heavy atom. The molecular weight excluding hydrogens is 258 g/mol. The standard InChI is InChI=1S/C14H15N3OS/c1-15-11-6-7-13(16-9-11)14(18)17-10-4-3-5-12(8-10)19-2/h3-9,15H,1-2H3,(H,17,18). The highest BCUT2D eigenvalue weighted by molar-refractivity contribution is 7.98. The second-order valence-electron chi connectivity index (χ2n) is 3.87. The fourth-order valence-corrected chi connectivity index (χ4v) is 2.03. The summed E-state index contributed by atoms with van der Waals surface area (Å²) in [6.45, 7) is 0. The lowest BCUT2D eigenvalue weighted by atomic mass is 10.3. The van der Waals surface area contributed by atoms with E-state index in [1.807, 2.05) is 43.6 Å². The molecule has 1 heterocycles. The van der Waals surface area contributed by atoms with Crippen molar-refractivity contribution in [1.82, 2.24) is 4.98 Å². The van der Waals surface area contributed by atoms with Crippen molar-refractivity contribution >= 4 is 29.0 Å². The van der Waals surface area contributed by atoms with Crippen LogP contribution in [-0.2, 0) is 0 Å². The Morgan fingerprint density at radius 1 is 1.21 bits per heavy atom. The Labute approximate surface area is 116 Å². The number of pyridine rings is 1. The van der Waals surface area contributed by atoms with Gasteiger partial charge in [-0.25, -0.2) is 4.98 Å². The zero-order valence-corrected chi connectivity index (χ0v) is 11.6. The van der Waals surface area contributed by atoms with Crippen LogP contribution in [0.3, 0.4) is 0 Å². The Morgan fingerprint density at radius 3 is 2.68 bits per heavy atom. The van der Waals surface area contributed by atoms with E-state index in [0.29, 0.717) is 5.69 Å². The molecule has 1 aromatic heterocycles. The van der Waals surface area contributed by atoms with Crippen LogP contribution in [0.25, 0.3) is 0 Å². The van der Waals surface area contributed by atoms with Crippen LogP contribution in [-0.4, -0.2) is 24.2 Å². The van der Waals surface area contributed by atoms with Gasteiger partial charge in [-0.15, -0.1) is 11.8 Å². The van der Waals surface area contributed by atoms with Gasteiger partial charge in [0.15, 0.2) is 0 Å². The Kier molecular flexibility index (Phi) is 4.41. The number of hydrogen-bond donors (Lipinski definition) is 2. The fraction of sp³-hybridized carbons (Fsp3) is 0.143. The second-order valence-corrected chi connectivity index (χ2v) is 4.75. The predicted molar refractivity (Wildman–Crippen MR) is 80.0 cm³/mol. The van der Waals surface area contributed by atoms with Crippen molar-refractivity contribution in [2.24, 2.45) is 0 Å². The number of carbonyl (C=O) groups excluding carboxylic acids is 1. The van der Waals surface area contributed by atoms with Crippen molar-refractivity contribution in [1.29, 1.82) is 0 Å². The Bertz CT molecular complexity index is 569. The lowest BCUT2D eigenvalue weighted by molar-refractivity contribution is 0.102. The summed E-state index contributed by atoms with van der Waals surface area (Å²) in [6, 6.07) is 11.2. The zero-order valence-electron chi connectivity index (χ0n) is 10.8. The van der Waals surface area contributed by atoms with E-state index in [1.54, 1.807) is 24.0 Å². The molecule has 0 unspecified atom stereocenters. The van der Waals surface area contributed by atoms with Crippen molar-refractivity contribution in [2.75, 3.05) is 23.9 Å². The average molecular weight is 273 g/mol. The third kappa shape index (κ3) is 3.48. The SMILES string of the molecule is CNc1ccc(C(=O)Nc2cccc(SC)c2)nc1. The summed E-state index contributed by atoms with van der Waals surface area (Å²) < 4.78 is 0. The number of nitrogens with one attached hydrogen (secondary N) is 2. The topological polar surface area (TPSA) is 54.0 Å². The van der Waals surface area contributed by atoms with E-state index in [-0.39, 0.29) is 5.91 Å². The van der Waals surface area contributed by atoms with Crippen LogP contribution in [0.1, 0.15) is 10.5 Å². The molecule has 0 radical (unpaired) electrons. The van der Waals surface area contributed by atoms with Crippen LogP contribution < -0.4 is 10.6 Å². The first kappa shape index (κ1) is 13.4. The number of thioether (sulfide) groups is 1. The van der Waals surface area contributed by atoms with Crippen LogP contribution in [0.5, 0.6) is 0 Å². The van der Waals surface area contributed by atoms with E-state index in [2.05, 4.69) is 15.6 Å². The number of nitrogens with zero attached hydrogens (tertiary/aromatic N) is 1. The van der Waals surface area contributed by atoms with Crippen LogP contribution >= 0.6 is 11.8 Å². The number of rotatable bonds is 4. The van der Waals surface area contributed by atoms with Gasteiger partial charge >= 0.3 is 0 Å². The van der Waals surface area contributed by atoms with Crippen molar-refractivity contribution in [2.45, 2.75) is 4.90 Å².